The number of halogens is 3. The molecule has 1 N–H and O–H groups in total. The third kappa shape index (κ3) is 7.70. The third-order valence-electron chi connectivity index (χ3n) is 2.49. The largest absolute Gasteiger partial charge is 0.762 e. The van der Waals surface area contributed by atoms with Gasteiger partial charge in [-0.25, -0.2) is 4.79 Å². The van der Waals surface area contributed by atoms with Crippen LogP contribution in [0.4, 0.5) is 13.2 Å². The van der Waals surface area contributed by atoms with Crippen LogP contribution in [0.25, 0.3) is 5.41 Å². The number of carbonyl (C=O) groups is 2. The summed E-state index contributed by atoms with van der Waals surface area (Å²) in [6, 6.07) is 0. The van der Waals surface area contributed by atoms with Gasteiger partial charge in [0.05, 0.1) is 26.7 Å². The molecule has 0 heterocycles. The summed E-state index contributed by atoms with van der Waals surface area (Å²) in [5, 5.41) is 8.05. The molecule has 0 saturated heterocycles. The van der Waals surface area contributed by atoms with E-state index >= 15 is 0 Å². The molecule has 0 saturated carbocycles. The zero-order valence-corrected chi connectivity index (χ0v) is 11.9. The standard InChI is InChI=1S/C6H3F3NO3.C6H15N/c1-13-5(12)3(2-10)4(11)6(7,8)9;1-4-7(5-2)6-3/h1H3;4-6H2,1-3H3/q-1;/p+1. The zero-order valence-electron chi connectivity index (χ0n) is 11.9. The van der Waals surface area contributed by atoms with Crippen molar-refractivity contribution in [3.8, 4) is 0 Å². The smallest absolute Gasteiger partial charge is 0.455 e. The Labute approximate surface area is 115 Å². The molecule has 0 radical (unpaired) electrons. The Morgan fingerprint density at radius 1 is 1.15 bits per heavy atom. The Morgan fingerprint density at radius 3 is 1.70 bits per heavy atom. The molecule has 0 aliphatic rings. The number of nitrogens with one attached hydrogen (secondary N) is 1. The van der Waals surface area contributed by atoms with E-state index in [1.165, 1.54) is 19.6 Å². The van der Waals surface area contributed by atoms with E-state index < -0.39 is 23.5 Å². The molecule has 0 bridgehead atoms. The van der Waals surface area contributed by atoms with Crippen LogP contribution < -0.4 is 4.90 Å². The number of methoxy groups -OCH3 is 1. The normalized spacial score (nSPS) is 10.2. The molecule has 8 heteroatoms. The van der Waals surface area contributed by atoms with Gasteiger partial charge in [0, 0.05) is 0 Å². The lowest BCUT2D eigenvalue weighted by atomic mass is 10.2. The van der Waals surface area contributed by atoms with Crippen LogP contribution in [0.15, 0.2) is 5.57 Å². The third-order valence-corrected chi connectivity index (χ3v) is 2.49. The molecule has 0 rings (SSSR count). The molecular weight excluding hydrogens is 277 g/mol. The highest BCUT2D eigenvalue weighted by molar-refractivity contribution is 6.25. The van der Waals surface area contributed by atoms with Crippen LogP contribution in [0.1, 0.15) is 20.8 Å². The molecule has 0 fully saturated rings. The second-order valence-corrected chi connectivity index (χ2v) is 3.62. The van der Waals surface area contributed by atoms with E-state index in [0.717, 1.165) is 13.0 Å². The summed E-state index contributed by atoms with van der Waals surface area (Å²) < 4.78 is 38.8. The van der Waals surface area contributed by atoms with Crippen LogP contribution in [0.3, 0.4) is 0 Å². The highest BCUT2D eigenvalue weighted by Crippen LogP contribution is 2.19. The van der Waals surface area contributed by atoms with E-state index in [9.17, 15) is 22.8 Å². The molecule has 5 nitrogen and oxygen atoms in total. The summed E-state index contributed by atoms with van der Waals surface area (Å²) in [6.07, 6.45) is -5.24. The summed E-state index contributed by atoms with van der Waals surface area (Å²) in [4.78, 5) is 22.4. The number of hydrogen-bond acceptors (Lipinski definition) is 3. The SMILES string of the molecule is CC[NH+](CC)CC.COC(=O)C(=C=[N-])C(=O)C(F)(F)F. The Morgan fingerprint density at radius 2 is 1.55 bits per heavy atom. The van der Waals surface area contributed by atoms with Crippen LogP contribution in [-0.2, 0) is 14.3 Å². The Balaban J connectivity index is 0. The lowest BCUT2D eigenvalue weighted by Crippen LogP contribution is -3.11. The number of hydrogen-bond donors (Lipinski definition) is 1. The van der Waals surface area contributed by atoms with Gasteiger partial charge in [0.1, 0.15) is 5.57 Å². The van der Waals surface area contributed by atoms with E-state index in [1.807, 2.05) is 0 Å². The van der Waals surface area contributed by atoms with Gasteiger partial charge in [-0.05, 0) is 20.8 Å². The maximum Gasteiger partial charge on any atom is 0.455 e. The highest BCUT2D eigenvalue weighted by Gasteiger charge is 2.42. The number of ketones is 1. The summed E-state index contributed by atoms with van der Waals surface area (Å²) >= 11 is 0. The van der Waals surface area contributed by atoms with Crippen molar-refractivity contribution in [1.29, 1.82) is 0 Å². The number of ether oxygens (including phenoxy) is 1. The first-order valence-electron chi connectivity index (χ1n) is 5.99. The first kappa shape index (κ1) is 20.7. The van der Waals surface area contributed by atoms with Crippen LogP contribution >= 0.6 is 0 Å². The minimum Gasteiger partial charge on any atom is -0.762 e. The average molecular weight is 296 g/mol. The molecule has 0 aromatic heterocycles. The van der Waals surface area contributed by atoms with Crippen molar-refractivity contribution in [2.45, 2.75) is 26.9 Å². The van der Waals surface area contributed by atoms with Gasteiger partial charge in [0.15, 0.2) is 0 Å². The molecule has 20 heavy (non-hydrogen) atoms. The number of esters is 1. The van der Waals surface area contributed by atoms with Crippen molar-refractivity contribution in [3.63, 3.8) is 0 Å². The molecule has 116 valence electrons. The molecule has 0 aromatic rings. The van der Waals surface area contributed by atoms with Gasteiger partial charge in [0.2, 0.25) is 0 Å². The van der Waals surface area contributed by atoms with E-state index in [2.05, 4.69) is 25.5 Å². The molecule has 0 atom stereocenters. The second-order valence-electron chi connectivity index (χ2n) is 3.62. The minimum atomic E-state index is -5.24. The molecule has 0 aliphatic heterocycles. The van der Waals surface area contributed by atoms with E-state index in [0.29, 0.717) is 0 Å². The first-order valence-corrected chi connectivity index (χ1v) is 5.99. The fourth-order valence-corrected chi connectivity index (χ4v) is 1.18. The average Bonchev–Trinajstić information content (AvgIpc) is 2.40. The number of alkyl halides is 3. The van der Waals surface area contributed by atoms with Crippen LogP contribution in [-0.4, -0.2) is 50.5 Å². The molecule has 0 aliphatic carbocycles. The fraction of sp³-hybridized carbons (Fsp3) is 0.667. The van der Waals surface area contributed by atoms with E-state index in [-0.39, 0.29) is 0 Å². The topological polar surface area (TPSA) is 70.1 Å². The summed E-state index contributed by atoms with van der Waals surface area (Å²) in [7, 11) is 0.767. The van der Waals surface area contributed by atoms with E-state index in [1.54, 1.807) is 4.90 Å². The van der Waals surface area contributed by atoms with Crippen molar-refractivity contribution in [2.24, 2.45) is 0 Å². The number of carbonyl (C=O) groups excluding carboxylic acids is 2. The van der Waals surface area contributed by atoms with Gasteiger partial charge in [-0.3, -0.25) is 10.7 Å². The number of quaternary nitrogens is 1. The number of Topliss-reactive ketones (excluding diaryl/α,β-unsaturated/α-hetero) is 1. The molecular formula is C12H19F3N2O3. The number of nitrogens with zero attached hydrogens (tertiary/aromatic N) is 1. The van der Waals surface area contributed by atoms with Gasteiger partial charge in [-0.2, -0.15) is 13.2 Å². The molecule has 0 spiro atoms. The minimum absolute atomic E-state index is 0.767. The maximum absolute atomic E-state index is 11.7. The lowest BCUT2D eigenvalue weighted by molar-refractivity contribution is -0.894. The van der Waals surface area contributed by atoms with Gasteiger partial charge in [-0.15, -0.1) is 0 Å². The fourth-order valence-electron chi connectivity index (χ4n) is 1.18. The summed E-state index contributed by atoms with van der Waals surface area (Å²) in [5.41, 5.74) is -1.57. The monoisotopic (exact) mass is 296 g/mol. The van der Waals surface area contributed by atoms with Gasteiger partial charge < -0.3 is 15.0 Å². The molecule has 0 amide bonds. The van der Waals surface area contributed by atoms with Gasteiger partial charge in [-0.1, -0.05) is 0 Å². The predicted octanol–water partition coefficient (Wildman–Crippen LogP) is 0.387. The van der Waals surface area contributed by atoms with Gasteiger partial charge in [0.25, 0.3) is 5.78 Å². The summed E-state index contributed by atoms with van der Waals surface area (Å²) in [5.74, 6) is -3.26. The quantitative estimate of drug-likeness (QED) is 0.262. The Kier molecular flexibility index (Phi) is 10.5. The zero-order chi connectivity index (χ0) is 16.3. The second kappa shape index (κ2) is 10.2. The predicted molar refractivity (Wildman–Crippen MR) is 67.5 cm³/mol. The maximum atomic E-state index is 11.7. The molecule has 0 aromatic carbocycles. The first-order chi connectivity index (χ1) is 9.19. The number of rotatable bonds is 5. The Hall–Kier alpha value is -1.66. The van der Waals surface area contributed by atoms with Crippen LogP contribution in [0.5, 0.6) is 0 Å². The molecule has 0 unspecified atom stereocenters. The van der Waals surface area contributed by atoms with Crippen molar-refractivity contribution >= 4 is 17.6 Å². The van der Waals surface area contributed by atoms with Gasteiger partial charge >= 0.3 is 12.1 Å². The highest BCUT2D eigenvalue weighted by atomic mass is 19.4. The van der Waals surface area contributed by atoms with Crippen molar-refractivity contribution in [2.75, 3.05) is 26.7 Å². The van der Waals surface area contributed by atoms with Crippen LogP contribution in [0, 0.1) is 0 Å². The van der Waals surface area contributed by atoms with Crippen molar-refractivity contribution in [3.05, 3.63) is 11.0 Å². The van der Waals surface area contributed by atoms with Crippen molar-refractivity contribution in [1.82, 2.24) is 0 Å². The Bertz CT molecular complexity index is 365. The van der Waals surface area contributed by atoms with Crippen LogP contribution in [0.2, 0.25) is 0 Å². The van der Waals surface area contributed by atoms with Crippen molar-refractivity contribution < 1.29 is 32.4 Å². The lowest BCUT2D eigenvalue weighted by Gasteiger charge is -2.10. The van der Waals surface area contributed by atoms with E-state index in [4.69, 9.17) is 5.41 Å². The summed E-state index contributed by atoms with van der Waals surface area (Å²) in [6.45, 7) is 10.5.